The van der Waals surface area contributed by atoms with Gasteiger partial charge in [0.2, 0.25) is 0 Å². The van der Waals surface area contributed by atoms with Gasteiger partial charge in [-0.2, -0.15) is 0 Å². The van der Waals surface area contributed by atoms with Crippen molar-refractivity contribution >= 4 is 40.0 Å². The Morgan fingerprint density at radius 3 is 2.50 bits per heavy atom. The summed E-state index contributed by atoms with van der Waals surface area (Å²) in [5.41, 5.74) is 3.28. The third kappa shape index (κ3) is 2.08. The molecule has 2 aromatic carbocycles. The van der Waals surface area contributed by atoms with E-state index < -0.39 is 0 Å². The molecule has 18 heavy (non-hydrogen) atoms. The van der Waals surface area contributed by atoms with Gasteiger partial charge in [0.15, 0.2) is 0 Å². The van der Waals surface area contributed by atoms with Crippen molar-refractivity contribution in [2.75, 3.05) is 5.23 Å². The van der Waals surface area contributed by atoms with Crippen LogP contribution in [0.4, 0.5) is 10.1 Å². The molecule has 0 aliphatic carbocycles. The summed E-state index contributed by atoms with van der Waals surface area (Å²) in [5, 5.41) is 3.44. The van der Waals surface area contributed by atoms with Crippen LogP contribution in [-0.4, -0.2) is 6.85 Å². The molecule has 0 saturated carbocycles. The topological polar surface area (TPSA) is 12.0 Å². The van der Waals surface area contributed by atoms with Crippen LogP contribution in [0.5, 0.6) is 0 Å². The van der Waals surface area contributed by atoms with Crippen molar-refractivity contribution in [1.82, 2.24) is 0 Å². The van der Waals surface area contributed by atoms with Gasteiger partial charge in [-0.15, -0.1) is 0 Å². The van der Waals surface area contributed by atoms with Gasteiger partial charge in [-0.05, 0) is 34.2 Å². The fourth-order valence-electron chi connectivity index (χ4n) is 2.11. The summed E-state index contributed by atoms with van der Waals surface area (Å²) in [4.78, 5) is 0. The molecule has 4 heteroatoms. The van der Waals surface area contributed by atoms with E-state index >= 15 is 0 Å². The van der Waals surface area contributed by atoms with Crippen LogP contribution in [0, 0.1) is 5.82 Å². The van der Waals surface area contributed by atoms with Crippen LogP contribution >= 0.6 is 15.9 Å². The number of halogens is 2. The lowest BCUT2D eigenvalue weighted by atomic mass is 9.54. The molecule has 0 bridgehead atoms. The number of hydrogen-bond acceptors (Lipinski definition) is 1. The fraction of sp³-hybridized carbons (Fsp3) is 0. The molecular weight excluding hydrogens is 292 g/mol. The Bertz CT molecular complexity index is 609. The first-order valence-corrected chi connectivity index (χ1v) is 6.51. The van der Waals surface area contributed by atoms with Crippen molar-refractivity contribution in [3.05, 3.63) is 64.3 Å². The highest BCUT2D eigenvalue weighted by Gasteiger charge is 2.25. The van der Waals surface area contributed by atoms with E-state index in [-0.39, 0.29) is 12.7 Å². The number of nitrogens with one attached hydrogen (secondary N) is 1. The second-order valence-electron chi connectivity index (χ2n) is 4.25. The second-order valence-corrected chi connectivity index (χ2v) is 5.16. The molecule has 0 fully saturated rings. The number of rotatable bonds is 1. The van der Waals surface area contributed by atoms with E-state index in [1.165, 1.54) is 12.1 Å². The average Bonchev–Trinajstić information content (AvgIpc) is 2.39. The maximum absolute atomic E-state index is 12.9. The lowest BCUT2D eigenvalue weighted by Gasteiger charge is -2.22. The second kappa shape index (κ2) is 4.61. The van der Waals surface area contributed by atoms with Gasteiger partial charge in [-0.25, -0.2) is 4.39 Å². The molecule has 2 aromatic rings. The summed E-state index contributed by atoms with van der Waals surface area (Å²) in [7, 11) is 0. The number of fused-ring (bicyclic) bond motifs is 1. The van der Waals surface area contributed by atoms with Crippen molar-refractivity contribution in [3.63, 3.8) is 0 Å². The van der Waals surface area contributed by atoms with Gasteiger partial charge in [-0.3, -0.25) is 0 Å². The first-order valence-electron chi connectivity index (χ1n) is 5.72. The molecule has 0 atom stereocenters. The highest BCUT2D eigenvalue weighted by atomic mass is 79.9. The predicted octanol–water partition coefficient (Wildman–Crippen LogP) is 3.42. The van der Waals surface area contributed by atoms with Crippen LogP contribution in [0.1, 0.15) is 5.56 Å². The molecule has 0 amide bonds. The summed E-state index contributed by atoms with van der Waals surface area (Å²) in [6.07, 6.45) is 2.10. The lowest BCUT2D eigenvalue weighted by molar-refractivity contribution is 0.628. The minimum atomic E-state index is -0.213. The molecule has 1 N–H and O–H groups in total. The van der Waals surface area contributed by atoms with Gasteiger partial charge >= 0.3 is 6.85 Å². The molecule has 0 unspecified atom stereocenters. The Hall–Kier alpha value is -1.55. The van der Waals surface area contributed by atoms with E-state index in [1.54, 1.807) is 12.1 Å². The molecule has 3 rings (SSSR count). The Morgan fingerprint density at radius 1 is 1.00 bits per heavy atom. The van der Waals surface area contributed by atoms with Crippen molar-refractivity contribution < 1.29 is 4.39 Å². The number of anilines is 1. The van der Waals surface area contributed by atoms with E-state index in [2.05, 4.69) is 33.3 Å². The third-order valence-corrected chi connectivity index (χ3v) is 3.72. The normalized spacial score (nSPS) is 13.7. The van der Waals surface area contributed by atoms with Crippen LogP contribution < -0.4 is 10.7 Å². The predicted molar refractivity (Wildman–Crippen MR) is 78.8 cm³/mol. The quantitative estimate of drug-likeness (QED) is 0.796. The van der Waals surface area contributed by atoms with Crippen LogP contribution in [0.3, 0.4) is 0 Å². The average molecular weight is 302 g/mol. The Morgan fingerprint density at radius 2 is 1.72 bits per heavy atom. The van der Waals surface area contributed by atoms with E-state index in [4.69, 9.17) is 0 Å². The summed E-state index contributed by atoms with van der Waals surface area (Å²) >= 11 is 3.58. The SMILES string of the molecule is Fc1ccc(B2Nc3ccccc3C=C2Br)cc1. The zero-order valence-corrected chi connectivity index (χ0v) is 11.1. The van der Waals surface area contributed by atoms with Gasteiger partial charge in [0.1, 0.15) is 5.82 Å². The Kier molecular flexibility index (Phi) is 2.96. The summed E-state index contributed by atoms with van der Waals surface area (Å²) in [5.74, 6) is -0.213. The van der Waals surface area contributed by atoms with Gasteiger partial charge in [0, 0.05) is 5.69 Å². The third-order valence-electron chi connectivity index (χ3n) is 3.03. The van der Waals surface area contributed by atoms with Crippen LogP contribution in [0.2, 0.25) is 0 Å². The molecule has 1 aliphatic rings. The van der Waals surface area contributed by atoms with Crippen LogP contribution in [0.25, 0.3) is 6.08 Å². The van der Waals surface area contributed by atoms with Gasteiger partial charge in [0.05, 0.1) is 0 Å². The largest absolute Gasteiger partial charge is 0.419 e. The van der Waals surface area contributed by atoms with Gasteiger partial charge in [0.25, 0.3) is 0 Å². The fourth-order valence-corrected chi connectivity index (χ4v) is 2.73. The smallest absolute Gasteiger partial charge is 0.328 e. The molecule has 0 saturated heterocycles. The van der Waals surface area contributed by atoms with Gasteiger partial charge < -0.3 is 5.23 Å². The highest BCUT2D eigenvalue weighted by molar-refractivity contribution is 9.12. The summed E-state index contributed by atoms with van der Waals surface area (Å²) < 4.78 is 14.0. The number of para-hydroxylation sites is 1. The van der Waals surface area contributed by atoms with Crippen molar-refractivity contribution in [3.8, 4) is 0 Å². The van der Waals surface area contributed by atoms with Gasteiger partial charge in [-0.1, -0.05) is 51.7 Å². The highest BCUT2D eigenvalue weighted by Crippen LogP contribution is 2.27. The monoisotopic (exact) mass is 301 g/mol. The zero-order valence-electron chi connectivity index (χ0n) is 9.53. The molecular formula is C14H10BBrFN. The molecule has 1 aliphatic heterocycles. The van der Waals surface area contributed by atoms with E-state index in [0.717, 1.165) is 21.1 Å². The molecule has 1 heterocycles. The van der Waals surface area contributed by atoms with E-state index in [1.807, 2.05) is 18.2 Å². The Balaban J connectivity index is 1.99. The molecule has 0 aromatic heterocycles. The minimum absolute atomic E-state index is 0.0421. The standard InChI is InChI=1S/C14H10BBrFN/c16-14-9-10-3-1-2-4-13(10)18-15(14)11-5-7-12(17)8-6-11/h1-9,18H. The van der Waals surface area contributed by atoms with E-state index in [0.29, 0.717) is 0 Å². The van der Waals surface area contributed by atoms with Crippen molar-refractivity contribution in [2.45, 2.75) is 0 Å². The number of hydrogen-bond donors (Lipinski definition) is 1. The zero-order chi connectivity index (χ0) is 12.5. The van der Waals surface area contributed by atoms with Crippen molar-refractivity contribution in [2.24, 2.45) is 0 Å². The molecule has 88 valence electrons. The summed E-state index contributed by atoms with van der Waals surface area (Å²) in [6.45, 7) is 0.0421. The maximum atomic E-state index is 12.9. The van der Waals surface area contributed by atoms with Crippen LogP contribution in [0.15, 0.2) is 52.9 Å². The molecule has 0 spiro atoms. The Labute approximate surface area is 114 Å². The first kappa shape index (κ1) is 11.5. The van der Waals surface area contributed by atoms with Crippen molar-refractivity contribution in [1.29, 1.82) is 0 Å². The minimum Gasteiger partial charge on any atom is -0.419 e. The van der Waals surface area contributed by atoms with Crippen LogP contribution in [-0.2, 0) is 0 Å². The van der Waals surface area contributed by atoms with E-state index in [9.17, 15) is 4.39 Å². The lowest BCUT2D eigenvalue weighted by Crippen LogP contribution is -2.40. The number of benzene rings is 2. The summed E-state index contributed by atoms with van der Waals surface area (Å²) in [6, 6.07) is 14.7. The first-order chi connectivity index (χ1) is 8.74. The maximum Gasteiger partial charge on any atom is 0.328 e. The molecule has 0 radical (unpaired) electrons. The molecule has 1 nitrogen and oxygen atoms in total.